The summed E-state index contributed by atoms with van der Waals surface area (Å²) >= 11 is 6.05. The zero-order valence-corrected chi connectivity index (χ0v) is 16.0. The van der Waals surface area contributed by atoms with Crippen LogP contribution in [-0.2, 0) is 19.6 Å². The molecular formula is C19H19ClN2O4S. The molecule has 3 rings (SSSR count). The van der Waals surface area contributed by atoms with Crippen molar-refractivity contribution >= 4 is 39.3 Å². The lowest BCUT2D eigenvalue weighted by Gasteiger charge is -2.26. The second-order valence-corrected chi connectivity index (χ2v) is 8.23. The number of rotatable bonds is 5. The minimum atomic E-state index is -3.61. The summed E-state index contributed by atoms with van der Waals surface area (Å²) < 4.78 is 32.0. The van der Waals surface area contributed by atoms with Crippen LogP contribution >= 0.6 is 11.6 Å². The Kier molecular flexibility index (Phi) is 6.28. The third-order valence-corrected chi connectivity index (χ3v) is 6.27. The fourth-order valence-corrected chi connectivity index (χ4v) is 4.28. The number of benzene rings is 2. The zero-order chi connectivity index (χ0) is 19.3. The molecule has 8 heteroatoms. The quantitative estimate of drug-likeness (QED) is 0.774. The maximum absolute atomic E-state index is 12.7. The molecule has 0 radical (unpaired) electrons. The van der Waals surface area contributed by atoms with Crippen LogP contribution in [0.15, 0.2) is 59.5 Å². The Balaban J connectivity index is 1.72. The number of morpholine rings is 1. The first-order chi connectivity index (χ1) is 13.0. The second-order valence-electron chi connectivity index (χ2n) is 5.89. The van der Waals surface area contributed by atoms with Gasteiger partial charge < -0.3 is 10.1 Å². The van der Waals surface area contributed by atoms with E-state index in [-0.39, 0.29) is 10.8 Å². The number of hydrogen-bond acceptors (Lipinski definition) is 4. The minimum Gasteiger partial charge on any atom is -0.379 e. The topological polar surface area (TPSA) is 75.7 Å². The lowest BCUT2D eigenvalue weighted by Crippen LogP contribution is -2.40. The molecule has 0 aromatic heterocycles. The molecule has 0 bridgehead atoms. The molecule has 2 aromatic carbocycles. The lowest BCUT2D eigenvalue weighted by molar-refractivity contribution is -0.111. The van der Waals surface area contributed by atoms with Gasteiger partial charge in [0.05, 0.1) is 18.1 Å². The highest BCUT2D eigenvalue weighted by molar-refractivity contribution is 7.89. The smallest absolute Gasteiger partial charge is 0.248 e. The fourth-order valence-electron chi connectivity index (χ4n) is 2.63. The van der Waals surface area contributed by atoms with E-state index in [9.17, 15) is 13.2 Å². The van der Waals surface area contributed by atoms with Gasteiger partial charge >= 0.3 is 0 Å². The Morgan fingerprint density at radius 2 is 1.85 bits per heavy atom. The van der Waals surface area contributed by atoms with Gasteiger partial charge in [-0.05, 0) is 35.9 Å². The van der Waals surface area contributed by atoms with Crippen LogP contribution in [0.4, 0.5) is 5.69 Å². The number of sulfonamides is 1. The van der Waals surface area contributed by atoms with Gasteiger partial charge in [0.25, 0.3) is 0 Å². The normalized spacial score (nSPS) is 15.7. The lowest BCUT2D eigenvalue weighted by atomic mass is 10.2. The summed E-state index contributed by atoms with van der Waals surface area (Å²) in [7, 11) is -3.61. The van der Waals surface area contributed by atoms with Crippen molar-refractivity contribution in [3.63, 3.8) is 0 Å². The average Bonchev–Trinajstić information content (AvgIpc) is 2.68. The number of halogens is 1. The summed E-state index contributed by atoms with van der Waals surface area (Å²) in [5, 5.41) is 3.21. The van der Waals surface area contributed by atoms with Gasteiger partial charge in [-0.15, -0.1) is 0 Å². The van der Waals surface area contributed by atoms with Gasteiger partial charge in [-0.2, -0.15) is 4.31 Å². The van der Waals surface area contributed by atoms with Crippen LogP contribution < -0.4 is 5.32 Å². The van der Waals surface area contributed by atoms with Crippen LogP contribution in [0.3, 0.4) is 0 Å². The molecule has 0 aliphatic carbocycles. The minimum absolute atomic E-state index is 0.136. The van der Waals surface area contributed by atoms with E-state index in [1.165, 1.54) is 22.5 Å². The Morgan fingerprint density at radius 1 is 1.11 bits per heavy atom. The van der Waals surface area contributed by atoms with Crippen LogP contribution in [0.2, 0.25) is 5.02 Å². The highest BCUT2D eigenvalue weighted by Crippen LogP contribution is 2.21. The molecule has 0 spiro atoms. The fraction of sp³-hybridized carbons (Fsp3) is 0.211. The number of nitrogens with one attached hydrogen (secondary N) is 1. The Bertz CT molecular complexity index is 954. The van der Waals surface area contributed by atoms with Crippen LogP contribution in [-0.4, -0.2) is 44.9 Å². The van der Waals surface area contributed by atoms with E-state index in [1.54, 1.807) is 36.4 Å². The van der Waals surface area contributed by atoms with E-state index in [0.29, 0.717) is 37.0 Å². The third kappa shape index (κ3) is 4.95. The number of amides is 1. The molecule has 27 heavy (non-hydrogen) atoms. The monoisotopic (exact) mass is 406 g/mol. The van der Waals surface area contributed by atoms with E-state index >= 15 is 0 Å². The van der Waals surface area contributed by atoms with Crippen molar-refractivity contribution in [3.8, 4) is 0 Å². The molecule has 1 aliphatic heterocycles. The second kappa shape index (κ2) is 8.67. The Hall–Kier alpha value is -2.19. The van der Waals surface area contributed by atoms with Gasteiger partial charge in [-0.3, -0.25) is 4.79 Å². The maximum atomic E-state index is 12.7. The predicted octanol–water partition coefficient (Wildman–Crippen LogP) is 3.01. The molecule has 1 N–H and O–H groups in total. The van der Waals surface area contributed by atoms with Gasteiger partial charge in [0.1, 0.15) is 0 Å². The van der Waals surface area contributed by atoms with Crippen LogP contribution in [0.5, 0.6) is 0 Å². The molecule has 0 atom stereocenters. The first-order valence-corrected chi connectivity index (χ1v) is 10.2. The van der Waals surface area contributed by atoms with Crippen LogP contribution in [0.25, 0.3) is 6.08 Å². The van der Waals surface area contributed by atoms with Crippen molar-refractivity contribution in [2.45, 2.75) is 4.90 Å². The highest BCUT2D eigenvalue weighted by atomic mass is 35.5. The van der Waals surface area contributed by atoms with E-state index in [2.05, 4.69) is 5.32 Å². The molecule has 1 saturated heterocycles. The number of hydrogen-bond donors (Lipinski definition) is 1. The van der Waals surface area contributed by atoms with Gasteiger partial charge in [0.2, 0.25) is 15.9 Å². The molecule has 1 amide bonds. The molecule has 6 nitrogen and oxygen atoms in total. The van der Waals surface area contributed by atoms with Crippen molar-refractivity contribution in [2.24, 2.45) is 0 Å². The number of ether oxygens (including phenoxy) is 1. The maximum Gasteiger partial charge on any atom is 0.248 e. The van der Waals surface area contributed by atoms with Crippen molar-refractivity contribution in [2.75, 3.05) is 31.6 Å². The largest absolute Gasteiger partial charge is 0.379 e. The Labute approximate surface area is 163 Å². The van der Waals surface area contributed by atoms with Crippen LogP contribution in [0.1, 0.15) is 5.56 Å². The number of nitrogens with zero attached hydrogens (tertiary/aromatic N) is 1. The molecule has 0 unspecified atom stereocenters. The summed E-state index contributed by atoms with van der Waals surface area (Å²) in [6, 6.07) is 13.4. The molecule has 2 aromatic rings. The number of anilines is 1. The van der Waals surface area contributed by atoms with Crippen molar-refractivity contribution < 1.29 is 17.9 Å². The number of carbonyl (C=O) groups is 1. The summed E-state index contributed by atoms with van der Waals surface area (Å²) in [6.45, 7) is 1.39. The van der Waals surface area contributed by atoms with E-state index in [1.807, 2.05) is 6.07 Å². The van der Waals surface area contributed by atoms with E-state index in [4.69, 9.17) is 16.3 Å². The van der Waals surface area contributed by atoms with Gasteiger partial charge in [-0.25, -0.2) is 8.42 Å². The summed E-state index contributed by atoms with van der Waals surface area (Å²) in [5.41, 5.74) is 1.12. The SMILES string of the molecule is O=C(/C=C/c1ccccc1Cl)Nc1cccc(S(=O)(=O)N2CCOCC2)c1. The van der Waals surface area contributed by atoms with Gasteiger partial charge in [0, 0.05) is 29.9 Å². The standard InChI is InChI=1S/C19H19ClN2O4S/c20-18-7-2-1-4-15(18)8-9-19(23)21-16-5-3-6-17(14-16)27(24,25)22-10-12-26-13-11-22/h1-9,14H,10-13H2,(H,21,23)/b9-8+. The highest BCUT2D eigenvalue weighted by Gasteiger charge is 2.26. The summed E-state index contributed by atoms with van der Waals surface area (Å²) in [6.07, 6.45) is 2.95. The molecule has 1 heterocycles. The first-order valence-electron chi connectivity index (χ1n) is 8.38. The third-order valence-electron chi connectivity index (χ3n) is 4.03. The molecular weight excluding hydrogens is 388 g/mol. The van der Waals surface area contributed by atoms with Gasteiger partial charge in [-0.1, -0.05) is 35.9 Å². The van der Waals surface area contributed by atoms with Gasteiger partial charge in [0.15, 0.2) is 0 Å². The van der Waals surface area contributed by atoms with Crippen molar-refractivity contribution in [3.05, 3.63) is 65.2 Å². The molecule has 0 saturated carbocycles. The van der Waals surface area contributed by atoms with E-state index in [0.717, 1.165) is 5.56 Å². The summed E-state index contributed by atoms with van der Waals surface area (Å²) in [5.74, 6) is -0.379. The number of carbonyl (C=O) groups excluding carboxylic acids is 1. The predicted molar refractivity (Wildman–Crippen MR) is 105 cm³/mol. The summed E-state index contributed by atoms with van der Waals surface area (Å²) in [4.78, 5) is 12.3. The average molecular weight is 407 g/mol. The molecule has 1 aliphatic rings. The Morgan fingerprint density at radius 3 is 2.59 bits per heavy atom. The first kappa shape index (κ1) is 19.6. The van der Waals surface area contributed by atoms with Crippen LogP contribution in [0, 0.1) is 0 Å². The molecule has 1 fully saturated rings. The van der Waals surface area contributed by atoms with E-state index < -0.39 is 10.0 Å². The van der Waals surface area contributed by atoms with Crippen molar-refractivity contribution in [1.82, 2.24) is 4.31 Å². The zero-order valence-electron chi connectivity index (χ0n) is 14.5. The molecule has 142 valence electrons. The van der Waals surface area contributed by atoms with Crippen molar-refractivity contribution in [1.29, 1.82) is 0 Å².